The maximum Gasteiger partial charge on any atom is 0.239 e. The van der Waals surface area contributed by atoms with Crippen molar-refractivity contribution in [3.63, 3.8) is 0 Å². The zero-order chi connectivity index (χ0) is 20.3. The molecule has 1 aliphatic rings. The Labute approximate surface area is 170 Å². The highest BCUT2D eigenvalue weighted by atomic mass is 32.1. The standard InChI is InChI=1S/C21H28N4O2S/c1-5-16-9-6-7-10-18(16)25(15(2)26)21-22-17(14-28-21)13-24-12-8-11-19(24)20(27)23(3)4/h6-7,9-10,14,19H,5,8,11-13H2,1-4H3. The van der Waals surface area contributed by atoms with Gasteiger partial charge in [0.25, 0.3) is 0 Å². The molecule has 2 amide bonds. The number of rotatable bonds is 6. The van der Waals surface area contributed by atoms with Crippen molar-refractivity contribution >= 4 is 34.0 Å². The summed E-state index contributed by atoms with van der Waals surface area (Å²) in [6, 6.07) is 7.86. The lowest BCUT2D eigenvalue weighted by Crippen LogP contribution is -2.42. The molecule has 6 nitrogen and oxygen atoms in total. The van der Waals surface area contributed by atoms with Crippen molar-refractivity contribution in [1.29, 1.82) is 0 Å². The molecule has 2 heterocycles. The number of benzene rings is 1. The molecule has 1 fully saturated rings. The summed E-state index contributed by atoms with van der Waals surface area (Å²) in [5.74, 6) is 0.0961. The highest BCUT2D eigenvalue weighted by molar-refractivity contribution is 7.14. The number of hydrogen-bond donors (Lipinski definition) is 0. The second-order valence-corrected chi connectivity index (χ2v) is 8.16. The number of amides is 2. The number of carbonyl (C=O) groups excluding carboxylic acids is 2. The summed E-state index contributed by atoms with van der Waals surface area (Å²) in [6.45, 7) is 5.17. The van der Waals surface area contributed by atoms with Crippen molar-refractivity contribution in [3.05, 3.63) is 40.9 Å². The van der Waals surface area contributed by atoms with Gasteiger partial charge < -0.3 is 4.90 Å². The number of thiazole rings is 1. The molecule has 1 aromatic heterocycles. The second kappa shape index (κ2) is 8.84. The van der Waals surface area contributed by atoms with Crippen molar-refractivity contribution in [1.82, 2.24) is 14.8 Å². The molecule has 28 heavy (non-hydrogen) atoms. The van der Waals surface area contributed by atoms with Gasteiger partial charge in [-0.15, -0.1) is 11.3 Å². The summed E-state index contributed by atoms with van der Waals surface area (Å²) in [4.78, 5) is 35.1. The SMILES string of the molecule is CCc1ccccc1N(C(C)=O)c1nc(CN2CCCC2C(=O)N(C)C)cs1. The van der Waals surface area contributed by atoms with Crippen LogP contribution in [0.2, 0.25) is 0 Å². The molecule has 0 radical (unpaired) electrons. The summed E-state index contributed by atoms with van der Waals surface area (Å²) in [7, 11) is 3.60. The molecule has 3 rings (SSSR count). The number of carbonyl (C=O) groups is 2. The zero-order valence-corrected chi connectivity index (χ0v) is 17.8. The fraction of sp³-hybridized carbons (Fsp3) is 0.476. The zero-order valence-electron chi connectivity index (χ0n) is 17.0. The molecule has 0 spiro atoms. The quantitative estimate of drug-likeness (QED) is 0.745. The van der Waals surface area contributed by atoms with Crippen LogP contribution in [0.4, 0.5) is 10.8 Å². The molecule has 1 aliphatic heterocycles. The van der Waals surface area contributed by atoms with Crippen molar-refractivity contribution in [2.75, 3.05) is 25.5 Å². The van der Waals surface area contributed by atoms with Crippen molar-refractivity contribution in [2.24, 2.45) is 0 Å². The average Bonchev–Trinajstić information content (AvgIpc) is 3.31. The molecule has 1 aromatic carbocycles. The highest BCUT2D eigenvalue weighted by Crippen LogP contribution is 2.32. The third-order valence-corrected chi connectivity index (χ3v) is 5.99. The van der Waals surface area contributed by atoms with E-state index in [9.17, 15) is 9.59 Å². The monoisotopic (exact) mass is 400 g/mol. The molecular formula is C21H28N4O2S. The van der Waals surface area contributed by atoms with Gasteiger partial charge >= 0.3 is 0 Å². The number of nitrogens with zero attached hydrogens (tertiary/aromatic N) is 4. The minimum atomic E-state index is -0.0788. The van der Waals surface area contributed by atoms with Crippen LogP contribution in [0.25, 0.3) is 0 Å². The summed E-state index contributed by atoms with van der Waals surface area (Å²) in [5.41, 5.74) is 2.91. The third kappa shape index (κ3) is 4.25. The van der Waals surface area contributed by atoms with Gasteiger partial charge in [-0.1, -0.05) is 25.1 Å². The minimum Gasteiger partial charge on any atom is -0.347 e. The Morgan fingerprint density at radius 1 is 1.29 bits per heavy atom. The molecule has 0 bridgehead atoms. The van der Waals surface area contributed by atoms with Crippen LogP contribution in [0, 0.1) is 0 Å². The van der Waals surface area contributed by atoms with Gasteiger partial charge in [-0.2, -0.15) is 0 Å². The molecule has 1 unspecified atom stereocenters. The Hall–Kier alpha value is -2.25. The van der Waals surface area contributed by atoms with Gasteiger partial charge in [-0.3, -0.25) is 19.4 Å². The maximum atomic E-state index is 12.4. The van der Waals surface area contributed by atoms with Crippen molar-refractivity contribution in [2.45, 2.75) is 45.7 Å². The van der Waals surface area contributed by atoms with Gasteiger partial charge in [0.15, 0.2) is 5.13 Å². The number of likely N-dealkylation sites (N-methyl/N-ethyl adjacent to an activating group) is 1. The molecule has 7 heteroatoms. The van der Waals surface area contributed by atoms with Crippen LogP contribution in [-0.4, -0.2) is 53.3 Å². The summed E-state index contributed by atoms with van der Waals surface area (Å²) < 4.78 is 0. The highest BCUT2D eigenvalue weighted by Gasteiger charge is 2.32. The fourth-order valence-corrected chi connectivity index (χ4v) is 4.58. The van der Waals surface area contributed by atoms with Crippen LogP contribution in [0.1, 0.15) is 37.9 Å². The first kappa shape index (κ1) is 20.5. The summed E-state index contributed by atoms with van der Waals surface area (Å²) in [6.07, 6.45) is 2.75. The number of para-hydroxylation sites is 1. The minimum absolute atomic E-state index is 0.0522. The first-order valence-electron chi connectivity index (χ1n) is 9.70. The number of aryl methyl sites for hydroxylation is 1. The van der Waals surface area contributed by atoms with E-state index >= 15 is 0 Å². The smallest absolute Gasteiger partial charge is 0.239 e. The number of likely N-dealkylation sites (tertiary alicyclic amines) is 1. The lowest BCUT2D eigenvalue weighted by Gasteiger charge is -2.25. The second-order valence-electron chi connectivity index (χ2n) is 7.32. The first-order chi connectivity index (χ1) is 13.4. The third-order valence-electron chi connectivity index (χ3n) is 5.11. The fourth-order valence-electron chi connectivity index (χ4n) is 3.71. The van der Waals surface area contributed by atoms with Gasteiger partial charge in [0.05, 0.1) is 17.4 Å². The van der Waals surface area contributed by atoms with Gasteiger partial charge in [0, 0.05) is 32.9 Å². The van der Waals surface area contributed by atoms with E-state index in [1.807, 2.05) is 29.6 Å². The van der Waals surface area contributed by atoms with E-state index in [0.29, 0.717) is 11.7 Å². The Bertz CT molecular complexity index is 848. The molecule has 2 aromatic rings. The number of anilines is 2. The summed E-state index contributed by atoms with van der Waals surface area (Å²) in [5, 5.41) is 2.67. The van der Waals surface area contributed by atoms with E-state index in [1.54, 1.807) is 30.8 Å². The Kier molecular flexibility index (Phi) is 6.46. The van der Waals surface area contributed by atoms with Gasteiger partial charge in [0.1, 0.15) is 0 Å². The first-order valence-corrected chi connectivity index (χ1v) is 10.6. The molecule has 0 aliphatic carbocycles. The van der Waals surface area contributed by atoms with Gasteiger partial charge in [0.2, 0.25) is 11.8 Å². The average molecular weight is 401 g/mol. The van der Waals surface area contributed by atoms with Crippen LogP contribution in [0.3, 0.4) is 0 Å². The van der Waals surface area contributed by atoms with Crippen LogP contribution in [0.5, 0.6) is 0 Å². The predicted octanol–water partition coefficient (Wildman–Crippen LogP) is 3.44. The Morgan fingerprint density at radius 3 is 2.71 bits per heavy atom. The Morgan fingerprint density at radius 2 is 2.04 bits per heavy atom. The topological polar surface area (TPSA) is 56.8 Å². The predicted molar refractivity (Wildman–Crippen MR) is 113 cm³/mol. The van der Waals surface area contributed by atoms with Gasteiger partial charge in [-0.25, -0.2) is 4.98 Å². The molecule has 1 saturated heterocycles. The lowest BCUT2D eigenvalue weighted by atomic mass is 10.1. The van der Waals surface area contributed by atoms with E-state index in [0.717, 1.165) is 42.8 Å². The number of hydrogen-bond acceptors (Lipinski definition) is 5. The molecule has 150 valence electrons. The molecular weight excluding hydrogens is 372 g/mol. The van der Waals surface area contributed by atoms with E-state index in [1.165, 1.54) is 11.3 Å². The molecule has 1 atom stereocenters. The van der Waals surface area contributed by atoms with Crippen LogP contribution < -0.4 is 4.90 Å². The van der Waals surface area contributed by atoms with Crippen molar-refractivity contribution in [3.8, 4) is 0 Å². The van der Waals surface area contributed by atoms with E-state index in [4.69, 9.17) is 4.98 Å². The normalized spacial score (nSPS) is 16.9. The number of aromatic nitrogens is 1. The maximum absolute atomic E-state index is 12.4. The van der Waals surface area contributed by atoms with E-state index < -0.39 is 0 Å². The van der Waals surface area contributed by atoms with Crippen molar-refractivity contribution < 1.29 is 9.59 Å². The van der Waals surface area contributed by atoms with E-state index in [2.05, 4.69) is 11.8 Å². The van der Waals surface area contributed by atoms with Crippen LogP contribution in [-0.2, 0) is 22.6 Å². The van der Waals surface area contributed by atoms with Gasteiger partial charge in [-0.05, 0) is 37.4 Å². The van der Waals surface area contributed by atoms with E-state index in [-0.39, 0.29) is 17.9 Å². The molecule has 0 N–H and O–H groups in total. The largest absolute Gasteiger partial charge is 0.347 e. The van der Waals surface area contributed by atoms with Crippen LogP contribution in [0.15, 0.2) is 29.6 Å². The Balaban J connectivity index is 1.82. The summed E-state index contributed by atoms with van der Waals surface area (Å²) >= 11 is 1.47. The van der Waals surface area contributed by atoms with Crippen LogP contribution >= 0.6 is 11.3 Å². The molecule has 0 saturated carbocycles. The lowest BCUT2D eigenvalue weighted by molar-refractivity contribution is -0.133.